The highest BCUT2D eigenvalue weighted by Crippen LogP contribution is 2.23. The number of benzene rings is 1. The summed E-state index contributed by atoms with van der Waals surface area (Å²) in [6.45, 7) is 0. The minimum absolute atomic E-state index is 0.114. The Hall–Kier alpha value is -1.85. The van der Waals surface area contributed by atoms with Crippen LogP contribution in [0.4, 0.5) is 0 Å². The van der Waals surface area contributed by atoms with Gasteiger partial charge >= 0.3 is 0 Å². The zero-order valence-electron chi connectivity index (χ0n) is 9.88. The topological polar surface area (TPSA) is 36.7 Å². The molecule has 1 aromatic heterocycles. The second-order valence-electron chi connectivity index (χ2n) is 4.13. The summed E-state index contributed by atoms with van der Waals surface area (Å²) >= 11 is 5.95. The van der Waals surface area contributed by atoms with E-state index in [0.717, 1.165) is 18.4 Å². The zero-order valence-corrected chi connectivity index (χ0v) is 10.6. The second kappa shape index (κ2) is 6.18. The van der Waals surface area contributed by atoms with Crippen LogP contribution in [0.1, 0.15) is 23.5 Å². The third-order valence-corrected chi connectivity index (χ3v) is 3.11. The molecule has 2 nitrogen and oxygen atoms in total. The van der Waals surface area contributed by atoms with E-state index in [0.29, 0.717) is 5.02 Å². The Morgan fingerprint density at radius 1 is 1.22 bits per heavy atom. The van der Waals surface area contributed by atoms with Crippen LogP contribution in [0.25, 0.3) is 0 Å². The molecule has 2 aromatic rings. The number of aryl methyl sites for hydroxylation is 1. The fourth-order valence-corrected chi connectivity index (χ4v) is 2.09. The van der Waals surface area contributed by atoms with Crippen LogP contribution in [0.2, 0.25) is 5.02 Å². The quantitative estimate of drug-likeness (QED) is 0.830. The molecule has 1 atom stereocenters. The highest BCUT2D eigenvalue weighted by Gasteiger charge is 2.10. The summed E-state index contributed by atoms with van der Waals surface area (Å²) in [7, 11) is 0. The van der Waals surface area contributed by atoms with Crippen LogP contribution in [0.3, 0.4) is 0 Å². The molecule has 1 heterocycles. The normalized spacial score (nSPS) is 11.8. The lowest BCUT2D eigenvalue weighted by atomic mass is 9.94. The van der Waals surface area contributed by atoms with Crippen molar-refractivity contribution in [2.24, 2.45) is 0 Å². The molecule has 1 unspecified atom stereocenters. The Kier molecular flexibility index (Phi) is 4.33. The molecule has 0 N–H and O–H groups in total. The Labute approximate surface area is 112 Å². The highest BCUT2D eigenvalue weighted by molar-refractivity contribution is 6.30. The fourth-order valence-electron chi connectivity index (χ4n) is 1.89. The molecule has 0 bridgehead atoms. The standard InChI is InChI=1S/C15H13ClN2/c16-15-3-1-2-13(10-15)14(11-17)5-4-12-6-8-18-9-7-12/h1-3,6-10,14H,4-5H2. The van der Waals surface area contributed by atoms with Crippen molar-refractivity contribution in [2.45, 2.75) is 18.8 Å². The van der Waals surface area contributed by atoms with E-state index in [4.69, 9.17) is 11.6 Å². The fraction of sp³-hybridized carbons (Fsp3) is 0.200. The predicted octanol–water partition coefficient (Wildman–Crippen LogP) is 3.97. The van der Waals surface area contributed by atoms with Gasteiger partial charge in [-0.05, 0) is 48.2 Å². The van der Waals surface area contributed by atoms with Crippen molar-refractivity contribution in [1.29, 1.82) is 5.26 Å². The van der Waals surface area contributed by atoms with E-state index in [1.807, 2.05) is 36.4 Å². The van der Waals surface area contributed by atoms with E-state index in [9.17, 15) is 5.26 Å². The van der Waals surface area contributed by atoms with Crippen LogP contribution in [0.5, 0.6) is 0 Å². The number of aromatic nitrogens is 1. The molecule has 0 saturated carbocycles. The van der Waals surface area contributed by atoms with Gasteiger partial charge in [-0.15, -0.1) is 0 Å². The van der Waals surface area contributed by atoms with Crippen molar-refractivity contribution in [1.82, 2.24) is 4.98 Å². The van der Waals surface area contributed by atoms with Gasteiger partial charge in [-0.3, -0.25) is 4.98 Å². The number of hydrogen-bond donors (Lipinski definition) is 0. The van der Waals surface area contributed by atoms with E-state index in [1.165, 1.54) is 5.56 Å². The molecule has 90 valence electrons. The Bertz CT molecular complexity index is 546. The Morgan fingerprint density at radius 2 is 2.00 bits per heavy atom. The first kappa shape index (κ1) is 12.6. The molecule has 0 radical (unpaired) electrons. The van der Waals surface area contributed by atoms with Gasteiger partial charge in [0.05, 0.1) is 12.0 Å². The van der Waals surface area contributed by atoms with E-state index >= 15 is 0 Å². The van der Waals surface area contributed by atoms with Crippen molar-refractivity contribution in [2.75, 3.05) is 0 Å². The summed E-state index contributed by atoms with van der Waals surface area (Å²) in [6, 6.07) is 13.8. The van der Waals surface area contributed by atoms with E-state index in [-0.39, 0.29) is 5.92 Å². The van der Waals surface area contributed by atoms with Gasteiger partial charge < -0.3 is 0 Å². The number of nitrogens with zero attached hydrogens (tertiary/aromatic N) is 2. The molecule has 0 aliphatic rings. The third kappa shape index (κ3) is 3.32. The molecule has 0 saturated heterocycles. The number of hydrogen-bond acceptors (Lipinski definition) is 2. The maximum absolute atomic E-state index is 9.24. The average molecular weight is 257 g/mol. The molecule has 0 spiro atoms. The lowest BCUT2D eigenvalue weighted by Crippen LogP contribution is -1.98. The zero-order chi connectivity index (χ0) is 12.8. The maximum atomic E-state index is 9.24. The number of nitriles is 1. The van der Waals surface area contributed by atoms with Gasteiger partial charge in [0, 0.05) is 17.4 Å². The van der Waals surface area contributed by atoms with Crippen LogP contribution in [-0.4, -0.2) is 4.98 Å². The van der Waals surface area contributed by atoms with Crippen LogP contribution in [0.15, 0.2) is 48.8 Å². The second-order valence-corrected chi connectivity index (χ2v) is 4.57. The smallest absolute Gasteiger partial charge is 0.0716 e. The van der Waals surface area contributed by atoms with E-state index in [1.54, 1.807) is 12.4 Å². The summed E-state index contributed by atoms with van der Waals surface area (Å²) in [5.41, 5.74) is 2.19. The Balaban J connectivity index is 2.05. The molecule has 2 rings (SSSR count). The minimum Gasteiger partial charge on any atom is -0.265 e. The minimum atomic E-state index is -0.114. The Morgan fingerprint density at radius 3 is 2.67 bits per heavy atom. The van der Waals surface area contributed by atoms with Gasteiger partial charge in [-0.1, -0.05) is 23.7 Å². The van der Waals surface area contributed by atoms with Crippen LogP contribution < -0.4 is 0 Å². The largest absolute Gasteiger partial charge is 0.265 e. The lowest BCUT2D eigenvalue weighted by Gasteiger charge is -2.09. The first-order valence-electron chi connectivity index (χ1n) is 5.83. The van der Waals surface area contributed by atoms with Gasteiger partial charge in [-0.2, -0.15) is 5.26 Å². The maximum Gasteiger partial charge on any atom is 0.0716 e. The monoisotopic (exact) mass is 256 g/mol. The molecule has 0 fully saturated rings. The molecule has 3 heteroatoms. The lowest BCUT2D eigenvalue weighted by molar-refractivity contribution is 0.745. The molecule has 0 aliphatic carbocycles. The molecule has 0 amide bonds. The molecule has 1 aromatic carbocycles. The van der Waals surface area contributed by atoms with Crippen molar-refractivity contribution >= 4 is 11.6 Å². The summed E-state index contributed by atoms with van der Waals surface area (Å²) in [5.74, 6) is -0.114. The van der Waals surface area contributed by atoms with Gasteiger partial charge in [0.15, 0.2) is 0 Å². The van der Waals surface area contributed by atoms with Gasteiger partial charge in [0.1, 0.15) is 0 Å². The summed E-state index contributed by atoms with van der Waals surface area (Å²) in [5, 5.41) is 9.92. The van der Waals surface area contributed by atoms with Crippen LogP contribution >= 0.6 is 11.6 Å². The van der Waals surface area contributed by atoms with Crippen molar-refractivity contribution < 1.29 is 0 Å². The van der Waals surface area contributed by atoms with Crippen LogP contribution in [-0.2, 0) is 6.42 Å². The number of halogens is 1. The van der Waals surface area contributed by atoms with Crippen molar-refractivity contribution in [3.63, 3.8) is 0 Å². The molecule has 18 heavy (non-hydrogen) atoms. The van der Waals surface area contributed by atoms with Crippen molar-refractivity contribution in [3.05, 3.63) is 64.9 Å². The van der Waals surface area contributed by atoms with Gasteiger partial charge in [0.2, 0.25) is 0 Å². The van der Waals surface area contributed by atoms with Gasteiger partial charge in [-0.25, -0.2) is 0 Å². The van der Waals surface area contributed by atoms with Gasteiger partial charge in [0.25, 0.3) is 0 Å². The molecule has 0 aliphatic heterocycles. The molecular weight excluding hydrogens is 244 g/mol. The van der Waals surface area contributed by atoms with E-state index < -0.39 is 0 Å². The SMILES string of the molecule is N#CC(CCc1ccncc1)c1cccc(Cl)c1. The highest BCUT2D eigenvalue weighted by atomic mass is 35.5. The summed E-state index contributed by atoms with van der Waals surface area (Å²) < 4.78 is 0. The average Bonchev–Trinajstić information content (AvgIpc) is 2.41. The first-order valence-corrected chi connectivity index (χ1v) is 6.21. The number of pyridine rings is 1. The molecular formula is C15H13ClN2. The third-order valence-electron chi connectivity index (χ3n) is 2.88. The number of rotatable bonds is 4. The summed E-state index contributed by atoms with van der Waals surface area (Å²) in [4.78, 5) is 3.98. The first-order chi connectivity index (χ1) is 8.79. The summed E-state index contributed by atoms with van der Waals surface area (Å²) in [6.07, 6.45) is 5.21. The van der Waals surface area contributed by atoms with E-state index in [2.05, 4.69) is 11.1 Å². The predicted molar refractivity (Wildman–Crippen MR) is 72.4 cm³/mol. The van der Waals surface area contributed by atoms with Crippen molar-refractivity contribution in [3.8, 4) is 6.07 Å². The van der Waals surface area contributed by atoms with Crippen LogP contribution in [0, 0.1) is 11.3 Å².